The van der Waals surface area contributed by atoms with E-state index in [9.17, 15) is 5.11 Å². The molecular weight excluding hydrogens is 154 g/mol. The summed E-state index contributed by atoms with van der Waals surface area (Å²) in [5.41, 5.74) is -0.621. The van der Waals surface area contributed by atoms with Gasteiger partial charge in [0.2, 0.25) is 0 Å². The van der Waals surface area contributed by atoms with E-state index >= 15 is 0 Å². The molecule has 1 rings (SSSR count). The predicted octanol–water partition coefficient (Wildman–Crippen LogP) is 0.526. The lowest BCUT2D eigenvalue weighted by Crippen LogP contribution is -2.39. The highest BCUT2D eigenvalue weighted by molar-refractivity contribution is 4.80. The van der Waals surface area contributed by atoms with E-state index in [1.54, 1.807) is 0 Å². The van der Waals surface area contributed by atoms with Gasteiger partial charge in [0.1, 0.15) is 0 Å². The zero-order valence-corrected chi connectivity index (χ0v) is 7.97. The van der Waals surface area contributed by atoms with Crippen LogP contribution in [0.4, 0.5) is 0 Å². The highest BCUT2D eigenvalue weighted by atomic mass is 16.5. The lowest BCUT2D eigenvalue weighted by Gasteiger charge is -2.25. The van der Waals surface area contributed by atoms with Gasteiger partial charge in [-0.3, -0.25) is 0 Å². The Labute approximate surface area is 74.1 Å². The summed E-state index contributed by atoms with van der Waals surface area (Å²) in [6.45, 7) is 3.35. The molecule has 0 aromatic heterocycles. The molecule has 0 saturated carbocycles. The summed E-state index contributed by atoms with van der Waals surface area (Å²) in [4.78, 5) is 0. The van der Waals surface area contributed by atoms with E-state index in [0.717, 1.165) is 25.9 Å². The summed E-state index contributed by atoms with van der Waals surface area (Å²) < 4.78 is 5.45. The standard InChI is InChI=1S/C9H19NO2/c1-9(11,7-10-2)6-8-4-3-5-12-8/h8,10-11H,3-7H2,1-2H3. The van der Waals surface area contributed by atoms with Gasteiger partial charge in [-0.15, -0.1) is 0 Å². The molecule has 0 radical (unpaired) electrons. The van der Waals surface area contributed by atoms with Gasteiger partial charge in [-0.1, -0.05) is 0 Å². The highest BCUT2D eigenvalue weighted by Gasteiger charge is 2.27. The molecule has 0 aromatic carbocycles. The molecule has 0 bridgehead atoms. The fraction of sp³-hybridized carbons (Fsp3) is 1.00. The monoisotopic (exact) mass is 173 g/mol. The first kappa shape index (κ1) is 9.96. The predicted molar refractivity (Wildman–Crippen MR) is 48.1 cm³/mol. The third-order valence-electron chi connectivity index (χ3n) is 2.25. The van der Waals surface area contributed by atoms with Crippen LogP contribution in [0.15, 0.2) is 0 Å². The molecule has 1 aliphatic heterocycles. The van der Waals surface area contributed by atoms with E-state index in [1.165, 1.54) is 0 Å². The van der Waals surface area contributed by atoms with Crippen LogP contribution in [0.1, 0.15) is 26.2 Å². The van der Waals surface area contributed by atoms with E-state index in [0.29, 0.717) is 6.54 Å². The molecule has 12 heavy (non-hydrogen) atoms. The molecule has 2 atom stereocenters. The maximum absolute atomic E-state index is 9.83. The van der Waals surface area contributed by atoms with Crippen LogP contribution >= 0.6 is 0 Å². The van der Waals surface area contributed by atoms with Gasteiger partial charge in [0.25, 0.3) is 0 Å². The van der Waals surface area contributed by atoms with Crippen molar-refractivity contribution in [2.24, 2.45) is 0 Å². The summed E-state index contributed by atoms with van der Waals surface area (Å²) in [6, 6.07) is 0. The van der Waals surface area contributed by atoms with Crippen LogP contribution < -0.4 is 5.32 Å². The molecule has 0 spiro atoms. The van der Waals surface area contributed by atoms with Crippen molar-refractivity contribution in [1.29, 1.82) is 0 Å². The van der Waals surface area contributed by atoms with E-state index < -0.39 is 5.60 Å². The Morgan fingerprint density at radius 3 is 2.92 bits per heavy atom. The number of hydrogen-bond acceptors (Lipinski definition) is 3. The molecule has 0 aliphatic carbocycles. The van der Waals surface area contributed by atoms with Gasteiger partial charge in [0.05, 0.1) is 11.7 Å². The van der Waals surface area contributed by atoms with Crippen LogP contribution in [0.5, 0.6) is 0 Å². The largest absolute Gasteiger partial charge is 0.389 e. The lowest BCUT2D eigenvalue weighted by molar-refractivity contribution is -0.00477. The molecule has 0 amide bonds. The Bertz CT molecular complexity index is 130. The molecule has 2 N–H and O–H groups in total. The van der Waals surface area contributed by atoms with Crippen LogP contribution in [0.3, 0.4) is 0 Å². The van der Waals surface area contributed by atoms with Crippen molar-refractivity contribution in [2.45, 2.75) is 37.9 Å². The Morgan fingerprint density at radius 1 is 1.67 bits per heavy atom. The maximum atomic E-state index is 9.83. The first-order valence-corrected chi connectivity index (χ1v) is 4.63. The average molecular weight is 173 g/mol. The third-order valence-corrected chi connectivity index (χ3v) is 2.25. The van der Waals surface area contributed by atoms with E-state index in [2.05, 4.69) is 5.32 Å². The Kier molecular flexibility index (Phi) is 3.50. The van der Waals surface area contributed by atoms with Crippen molar-refractivity contribution in [3.05, 3.63) is 0 Å². The fourth-order valence-corrected chi connectivity index (χ4v) is 1.75. The quantitative estimate of drug-likeness (QED) is 0.651. The Balaban J connectivity index is 2.27. The molecule has 3 nitrogen and oxygen atoms in total. The van der Waals surface area contributed by atoms with Gasteiger partial charge in [-0.25, -0.2) is 0 Å². The van der Waals surface area contributed by atoms with Crippen molar-refractivity contribution in [2.75, 3.05) is 20.2 Å². The van der Waals surface area contributed by atoms with Gasteiger partial charge < -0.3 is 15.2 Å². The van der Waals surface area contributed by atoms with Crippen molar-refractivity contribution in [3.8, 4) is 0 Å². The first-order valence-electron chi connectivity index (χ1n) is 4.63. The second-order valence-electron chi connectivity index (χ2n) is 3.87. The number of nitrogens with one attached hydrogen (secondary N) is 1. The van der Waals surface area contributed by atoms with Crippen LogP contribution in [0.2, 0.25) is 0 Å². The normalized spacial score (nSPS) is 28.8. The summed E-state index contributed by atoms with van der Waals surface area (Å²) >= 11 is 0. The summed E-state index contributed by atoms with van der Waals surface area (Å²) in [5.74, 6) is 0. The second-order valence-corrected chi connectivity index (χ2v) is 3.87. The SMILES string of the molecule is CNCC(C)(O)CC1CCCO1. The minimum absolute atomic E-state index is 0.272. The summed E-state index contributed by atoms with van der Waals surface area (Å²) in [5, 5.41) is 12.8. The Morgan fingerprint density at radius 2 is 2.42 bits per heavy atom. The lowest BCUT2D eigenvalue weighted by atomic mass is 9.97. The molecule has 1 aliphatic rings. The van der Waals surface area contributed by atoms with E-state index in [-0.39, 0.29) is 6.10 Å². The van der Waals surface area contributed by atoms with E-state index in [4.69, 9.17) is 4.74 Å². The molecule has 72 valence electrons. The zero-order chi connectivity index (χ0) is 9.03. The zero-order valence-electron chi connectivity index (χ0n) is 7.97. The van der Waals surface area contributed by atoms with Gasteiger partial charge in [-0.05, 0) is 26.8 Å². The number of rotatable bonds is 4. The molecular formula is C9H19NO2. The van der Waals surface area contributed by atoms with Crippen LogP contribution in [0, 0.1) is 0 Å². The van der Waals surface area contributed by atoms with Crippen molar-refractivity contribution < 1.29 is 9.84 Å². The first-order chi connectivity index (χ1) is 5.64. The van der Waals surface area contributed by atoms with Crippen LogP contribution in [0.25, 0.3) is 0 Å². The number of ether oxygens (including phenoxy) is 1. The summed E-state index contributed by atoms with van der Waals surface area (Å²) in [7, 11) is 1.85. The second kappa shape index (κ2) is 4.21. The molecule has 3 heteroatoms. The number of hydrogen-bond donors (Lipinski definition) is 2. The minimum atomic E-state index is -0.621. The van der Waals surface area contributed by atoms with E-state index in [1.807, 2.05) is 14.0 Å². The average Bonchev–Trinajstić information content (AvgIpc) is 2.38. The number of aliphatic hydroxyl groups is 1. The molecule has 0 aromatic rings. The van der Waals surface area contributed by atoms with Crippen molar-refractivity contribution >= 4 is 0 Å². The third kappa shape index (κ3) is 3.09. The smallest absolute Gasteiger partial charge is 0.0768 e. The highest BCUT2D eigenvalue weighted by Crippen LogP contribution is 2.21. The van der Waals surface area contributed by atoms with Gasteiger partial charge in [0.15, 0.2) is 0 Å². The molecule has 1 heterocycles. The van der Waals surface area contributed by atoms with Gasteiger partial charge in [-0.2, -0.15) is 0 Å². The molecule has 1 fully saturated rings. The topological polar surface area (TPSA) is 41.5 Å². The van der Waals surface area contributed by atoms with Crippen LogP contribution in [-0.2, 0) is 4.74 Å². The number of likely N-dealkylation sites (N-methyl/N-ethyl adjacent to an activating group) is 1. The molecule has 1 saturated heterocycles. The summed E-state index contributed by atoms with van der Waals surface area (Å²) in [6.07, 6.45) is 3.25. The van der Waals surface area contributed by atoms with Crippen molar-refractivity contribution in [1.82, 2.24) is 5.32 Å². The van der Waals surface area contributed by atoms with Crippen molar-refractivity contribution in [3.63, 3.8) is 0 Å². The maximum Gasteiger partial charge on any atom is 0.0768 e. The Hall–Kier alpha value is -0.120. The van der Waals surface area contributed by atoms with Crippen LogP contribution in [-0.4, -0.2) is 37.0 Å². The van der Waals surface area contributed by atoms with Gasteiger partial charge in [0, 0.05) is 19.6 Å². The minimum Gasteiger partial charge on any atom is -0.389 e. The fourth-order valence-electron chi connectivity index (χ4n) is 1.75. The van der Waals surface area contributed by atoms with Gasteiger partial charge >= 0.3 is 0 Å². The molecule has 2 unspecified atom stereocenters.